The fourth-order valence-electron chi connectivity index (χ4n) is 3.32. The number of aromatic nitrogens is 1. The van der Waals surface area contributed by atoms with Crippen LogP contribution in [0.2, 0.25) is 0 Å². The zero-order valence-corrected chi connectivity index (χ0v) is 16.6. The Labute approximate surface area is 166 Å². The van der Waals surface area contributed by atoms with Crippen LogP contribution < -0.4 is 15.0 Å². The molecule has 3 rings (SSSR count). The Morgan fingerprint density at radius 1 is 1.14 bits per heavy atom. The van der Waals surface area contributed by atoms with Crippen LogP contribution >= 0.6 is 0 Å². The number of methoxy groups -OCH3 is 2. The monoisotopic (exact) mass is 384 g/mol. The highest BCUT2D eigenvalue weighted by Gasteiger charge is 2.23. The third-order valence-electron chi connectivity index (χ3n) is 4.83. The topological polar surface area (TPSA) is 66.9 Å². The van der Waals surface area contributed by atoms with E-state index in [2.05, 4.69) is 21.3 Å². The van der Waals surface area contributed by atoms with Gasteiger partial charge in [-0.05, 0) is 30.7 Å². The molecule has 0 atom stereocenters. The van der Waals surface area contributed by atoms with Crippen LogP contribution in [0, 0.1) is 0 Å². The lowest BCUT2D eigenvalue weighted by molar-refractivity contribution is 0.0746. The third kappa shape index (κ3) is 4.92. The molecule has 28 heavy (non-hydrogen) atoms. The Hall–Kier alpha value is -2.80. The highest BCUT2D eigenvalue weighted by molar-refractivity contribution is 5.95. The lowest BCUT2D eigenvalue weighted by Crippen LogP contribution is -2.48. The molecule has 1 aliphatic heterocycles. The Kier molecular flexibility index (Phi) is 7.08. The number of piperazine rings is 1. The van der Waals surface area contributed by atoms with E-state index in [1.807, 2.05) is 29.2 Å². The Morgan fingerprint density at radius 3 is 2.68 bits per heavy atom. The molecule has 1 saturated heterocycles. The van der Waals surface area contributed by atoms with E-state index >= 15 is 0 Å². The van der Waals surface area contributed by atoms with Crippen LogP contribution in [-0.4, -0.2) is 69.3 Å². The van der Waals surface area contributed by atoms with Gasteiger partial charge in [-0.1, -0.05) is 12.1 Å². The number of ether oxygens (including phenoxy) is 2. The summed E-state index contributed by atoms with van der Waals surface area (Å²) in [5, 5.41) is 3.23. The van der Waals surface area contributed by atoms with Gasteiger partial charge in [0.05, 0.1) is 12.8 Å². The lowest BCUT2D eigenvalue weighted by atomic mass is 10.2. The fraction of sp³-hybridized carbons (Fsp3) is 0.429. The van der Waals surface area contributed by atoms with E-state index in [-0.39, 0.29) is 5.91 Å². The van der Waals surface area contributed by atoms with Crippen LogP contribution in [0.3, 0.4) is 0 Å². The van der Waals surface area contributed by atoms with E-state index in [1.165, 1.54) is 0 Å². The predicted molar refractivity (Wildman–Crippen MR) is 110 cm³/mol. The number of carbonyl (C=O) groups is 1. The van der Waals surface area contributed by atoms with Gasteiger partial charge in [-0.3, -0.25) is 4.79 Å². The second kappa shape index (κ2) is 9.94. The molecule has 1 amide bonds. The van der Waals surface area contributed by atoms with Gasteiger partial charge in [0.1, 0.15) is 11.6 Å². The van der Waals surface area contributed by atoms with Gasteiger partial charge in [0.15, 0.2) is 0 Å². The number of nitrogens with one attached hydrogen (secondary N) is 1. The molecule has 0 bridgehead atoms. The van der Waals surface area contributed by atoms with Crippen molar-refractivity contribution in [2.24, 2.45) is 0 Å². The lowest BCUT2D eigenvalue weighted by Gasteiger charge is -2.36. The second-order valence-electron chi connectivity index (χ2n) is 6.65. The van der Waals surface area contributed by atoms with E-state index in [9.17, 15) is 4.79 Å². The van der Waals surface area contributed by atoms with Crippen molar-refractivity contribution in [3.63, 3.8) is 0 Å². The number of hydrogen-bond acceptors (Lipinski definition) is 6. The van der Waals surface area contributed by atoms with Gasteiger partial charge in [-0.2, -0.15) is 0 Å². The maximum Gasteiger partial charge on any atom is 0.254 e. The second-order valence-corrected chi connectivity index (χ2v) is 6.65. The molecular weight excluding hydrogens is 356 g/mol. The summed E-state index contributed by atoms with van der Waals surface area (Å²) in [6.07, 6.45) is 2.57. The van der Waals surface area contributed by atoms with Crippen molar-refractivity contribution < 1.29 is 14.3 Å². The first-order valence-corrected chi connectivity index (χ1v) is 9.59. The Morgan fingerprint density at radius 2 is 1.93 bits per heavy atom. The largest absolute Gasteiger partial charge is 0.495 e. The highest BCUT2D eigenvalue weighted by Crippen LogP contribution is 2.28. The number of carbonyl (C=O) groups excluding carboxylic acids is 1. The van der Waals surface area contributed by atoms with E-state index in [1.54, 1.807) is 26.5 Å². The number of para-hydroxylation sites is 2. The number of amides is 1. The van der Waals surface area contributed by atoms with E-state index in [4.69, 9.17) is 9.47 Å². The molecule has 1 aromatic heterocycles. The van der Waals surface area contributed by atoms with Gasteiger partial charge in [0.25, 0.3) is 5.91 Å². The number of hydrogen-bond donors (Lipinski definition) is 1. The van der Waals surface area contributed by atoms with Crippen molar-refractivity contribution >= 4 is 17.4 Å². The Bertz CT molecular complexity index is 776. The molecule has 1 aliphatic rings. The molecular formula is C21H28N4O3. The van der Waals surface area contributed by atoms with Crippen molar-refractivity contribution in [2.75, 3.05) is 63.8 Å². The maximum atomic E-state index is 12.9. The van der Waals surface area contributed by atoms with Crippen LogP contribution in [0.5, 0.6) is 5.75 Å². The summed E-state index contributed by atoms with van der Waals surface area (Å²) in [4.78, 5) is 21.4. The predicted octanol–water partition coefficient (Wildman–Crippen LogP) is 2.50. The van der Waals surface area contributed by atoms with Gasteiger partial charge in [-0.25, -0.2) is 4.98 Å². The smallest absolute Gasteiger partial charge is 0.254 e. The van der Waals surface area contributed by atoms with Crippen molar-refractivity contribution in [2.45, 2.75) is 6.42 Å². The average molecular weight is 384 g/mol. The fourth-order valence-corrected chi connectivity index (χ4v) is 3.32. The van der Waals surface area contributed by atoms with Gasteiger partial charge in [-0.15, -0.1) is 0 Å². The normalized spacial score (nSPS) is 14.1. The summed E-state index contributed by atoms with van der Waals surface area (Å²) in [6, 6.07) is 11.6. The minimum atomic E-state index is 0.0435. The highest BCUT2D eigenvalue weighted by atomic mass is 16.5. The van der Waals surface area contributed by atoms with Crippen molar-refractivity contribution in [1.29, 1.82) is 0 Å². The first-order valence-electron chi connectivity index (χ1n) is 9.59. The van der Waals surface area contributed by atoms with Crippen LogP contribution in [0.25, 0.3) is 0 Å². The molecule has 0 spiro atoms. The number of anilines is 2. The quantitative estimate of drug-likeness (QED) is 0.706. The molecule has 1 N–H and O–H groups in total. The minimum absolute atomic E-state index is 0.0435. The molecule has 7 heteroatoms. The third-order valence-corrected chi connectivity index (χ3v) is 4.83. The average Bonchev–Trinajstić information content (AvgIpc) is 2.76. The van der Waals surface area contributed by atoms with Gasteiger partial charge >= 0.3 is 0 Å². The molecule has 2 heterocycles. The van der Waals surface area contributed by atoms with Crippen LogP contribution in [0.15, 0.2) is 42.6 Å². The molecule has 0 radical (unpaired) electrons. The van der Waals surface area contributed by atoms with Gasteiger partial charge < -0.3 is 24.6 Å². The van der Waals surface area contributed by atoms with E-state index in [0.717, 1.165) is 43.3 Å². The number of pyridine rings is 1. The minimum Gasteiger partial charge on any atom is -0.495 e. The number of benzene rings is 1. The molecule has 1 fully saturated rings. The van der Waals surface area contributed by atoms with Crippen LogP contribution in [-0.2, 0) is 4.74 Å². The molecule has 1 aromatic carbocycles. The van der Waals surface area contributed by atoms with Crippen molar-refractivity contribution in [3.8, 4) is 5.75 Å². The van der Waals surface area contributed by atoms with E-state index < -0.39 is 0 Å². The zero-order valence-electron chi connectivity index (χ0n) is 16.6. The van der Waals surface area contributed by atoms with Gasteiger partial charge in [0, 0.05) is 58.2 Å². The standard InChI is InChI=1S/C21H28N4O3/c1-27-15-5-9-22-20-16-17(8-10-23-20)21(26)25-13-11-24(12-14-25)18-6-3-4-7-19(18)28-2/h3-4,6-8,10,16H,5,9,11-15H2,1-2H3,(H,22,23). The summed E-state index contributed by atoms with van der Waals surface area (Å²) in [6.45, 7) is 4.36. The summed E-state index contributed by atoms with van der Waals surface area (Å²) < 4.78 is 10.5. The van der Waals surface area contributed by atoms with Crippen molar-refractivity contribution in [3.05, 3.63) is 48.2 Å². The summed E-state index contributed by atoms with van der Waals surface area (Å²) in [5.41, 5.74) is 1.73. The molecule has 0 aliphatic carbocycles. The van der Waals surface area contributed by atoms with Gasteiger partial charge in [0.2, 0.25) is 0 Å². The number of nitrogens with zero attached hydrogens (tertiary/aromatic N) is 3. The first-order chi connectivity index (χ1) is 13.7. The van der Waals surface area contributed by atoms with Crippen LogP contribution in [0.4, 0.5) is 11.5 Å². The molecule has 0 unspecified atom stereocenters. The number of rotatable bonds is 8. The maximum absolute atomic E-state index is 12.9. The molecule has 7 nitrogen and oxygen atoms in total. The molecule has 0 saturated carbocycles. The summed E-state index contributed by atoms with van der Waals surface area (Å²) in [5.74, 6) is 1.62. The van der Waals surface area contributed by atoms with Crippen molar-refractivity contribution in [1.82, 2.24) is 9.88 Å². The first kappa shape index (κ1) is 19.9. The molecule has 150 valence electrons. The molecule has 2 aromatic rings. The van der Waals surface area contributed by atoms with E-state index in [0.29, 0.717) is 25.3 Å². The Balaban J connectivity index is 1.58. The SMILES string of the molecule is COCCCNc1cc(C(=O)N2CCN(c3ccccc3OC)CC2)ccn1. The zero-order chi connectivity index (χ0) is 19.8. The van der Waals surface area contributed by atoms with Crippen LogP contribution in [0.1, 0.15) is 16.8 Å². The summed E-state index contributed by atoms with van der Waals surface area (Å²) in [7, 11) is 3.37. The summed E-state index contributed by atoms with van der Waals surface area (Å²) >= 11 is 0.